The summed E-state index contributed by atoms with van der Waals surface area (Å²) < 4.78 is 5.49. The summed E-state index contributed by atoms with van der Waals surface area (Å²) in [7, 11) is 0. The maximum Gasteiger partial charge on any atom is 0.305 e. The largest absolute Gasteiger partial charge is 0.466 e. The van der Waals surface area contributed by atoms with Gasteiger partial charge in [-0.2, -0.15) is 0 Å². The van der Waals surface area contributed by atoms with Crippen LogP contribution in [0.4, 0.5) is 0 Å². The van der Waals surface area contributed by atoms with Crippen LogP contribution >= 0.6 is 0 Å². The Labute approximate surface area is 469 Å². The van der Waals surface area contributed by atoms with E-state index in [2.05, 4.69) is 19.2 Å². The lowest BCUT2D eigenvalue weighted by atomic mass is 10.0. The summed E-state index contributed by atoms with van der Waals surface area (Å²) in [4.78, 5) is 24.5. The highest BCUT2D eigenvalue weighted by Crippen LogP contribution is 2.19. The van der Waals surface area contributed by atoms with Crippen LogP contribution < -0.4 is 5.32 Å². The van der Waals surface area contributed by atoms with E-state index in [1.165, 1.54) is 327 Å². The zero-order chi connectivity index (χ0) is 54.3. The molecule has 0 saturated heterocycles. The number of allylic oxidation sites excluding steroid dienone is 1. The Bertz CT molecular complexity index is 1130. The molecule has 0 fully saturated rings. The molecule has 0 aromatic heterocycles. The quantitative estimate of drug-likeness (QED) is 0.0320. The van der Waals surface area contributed by atoms with Crippen molar-refractivity contribution in [3.8, 4) is 0 Å². The van der Waals surface area contributed by atoms with E-state index in [1.807, 2.05) is 6.08 Å². The lowest BCUT2D eigenvalue weighted by Gasteiger charge is -2.20. The molecule has 75 heavy (non-hydrogen) atoms. The van der Waals surface area contributed by atoms with Crippen LogP contribution in [0, 0.1) is 0 Å². The van der Waals surface area contributed by atoms with Crippen LogP contribution in [0.2, 0.25) is 0 Å². The second-order valence-electron chi connectivity index (χ2n) is 23.9. The molecule has 0 heterocycles. The number of esters is 1. The number of carbonyl (C=O) groups is 2. The molecule has 1 amide bonds. The van der Waals surface area contributed by atoms with Crippen LogP contribution in [-0.4, -0.2) is 47.4 Å². The lowest BCUT2D eigenvalue weighted by Crippen LogP contribution is -2.45. The van der Waals surface area contributed by atoms with E-state index in [4.69, 9.17) is 4.74 Å². The molecule has 0 aliphatic carbocycles. The van der Waals surface area contributed by atoms with Crippen LogP contribution in [-0.2, 0) is 14.3 Å². The smallest absolute Gasteiger partial charge is 0.305 e. The molecular weight excluding hydrogens is 923 g/mol. The van der Waals surface area contributed by atoms with Crippen LogP contribution in [0.15, 0.2) is 12.2 Å². The van der Waals surface area contributed by atoms with Gasteiger partial charge in [-0.05, 0) is 32.1 Å². The van der Waals surface area contributed by atoms with Gasteiger partial charge >= 0.3 is 5.97 Å². The molecule has 6 nitrogen and oxygen atoms in total. The number of aliphatic hydroxyl groups is 2. The molecule has 2 unspecified atom stereocenters. The van der Waals surface area contributed by atoms with Gasteiger partial charge in [0, 0.05) is 12.8 Å². The van der Waals surface area contributed by atoms with Crippen molar-refractivity contribution in [2.24, 2.45) is 0 Å². The van der Waals surface area contributed by atoms with Gasteiger partial charge in [0.1, 0.15) is 0 Å². The van der Waals surface area contributed by atoms with Crippen molar-refractivity contribution >= 4 is 11.9 Å². The van der Waals surface area contributed by atoms with Crippen molar-refractivity contribution in [2.75, 3.05) is 13.2 Å². The standard InChI is InChI=1S/C69H135NO5/c1-3-5-7-9-11-13-15-39-43-47-51-55-59-63-69(74)75-64-60-56-52-48-44-41-38-36-34-32-30-28-26-24-22-20-18-16-17-19-21-23-25-27-29-31-33-35-37-40-42-46-50-54-58-62-68(73)70-66(65-71)67(72)61-57-53-49-45-14-12-10-8-6-4-2/h57,61,66-67,71-72H,3-56,58-60,62-65H2,1-2H3,(H,70,73)/b61-57+. The van der Waals surface area contributed by atoms with Gasteiger partial charge in [0.15, 0.2) is 0 Å². The fraction of sp³-hybridized carbons (Fsp3) is 0.942. The average Bonchev–Trinajstić information content (AvgIpc) is 3.41. The minimum atomic E-state index is -0.838. The molecule has 446 valence electrons. The average molecular weight is 1060 g/mol. The van der Waals surface area contributed by atoms with Crippen molar-refractivity contribution < 1.29 is 24.5 Å². The second-order valence-corrected chi connectivity index (χ2v) is 23.9. The molecule has 0 bridgehead atoms. The number of amides is 1. The van der Waals surface area contributed by atoms with E-state index < -0.39 is 12.1 Å². The van der Waals surface area contributed by atoms with Gasteiger partial charge in [-0.25, -0.2) is 0 Å². The van der Waals surface area contributed by atoms with Crippen LogP contribution in [0.3, 0.4) is 0 Å². The van der Waals surface area contributed by atoms with Gasteiger partial charge in [0.05, 0.1) is 25.4 Å². The first-order valence-corrected chi connectivity index (χ1v) is 34.5. The van der Waals surface area contributed by atoms with E-state index in [1.54, 1.807) is 6.08 Å². The van der Waals surface area contributed by atoms with Crippen molar-refractivity contribution in [2.45, 2.75) is 405 Å². The second kappa shape index (κ2) is 65.1. The minimum Gasteiger partial charge on any atom is -0.466 e. The maximum absolute atomic E-state index is 12.4. The third kappa shape index (κ3) is 61.7. The van der Waals surface area contributed by atoms with Crippen LogP contribution in [0.25, 0.3) is 0 Å². The summed E-state index contributed by atoms with van der Waals surface area (Å²) in [6.07, 6.45) is 80.3. The molecule has 0 aliphatic rings. The normalized spacial score (nSPS) is 12.5. The Morgan fingerprint density at radius 1 is 0.360 bits per heavy atom. The van der Waals surface area contributed by atoms with Gasteiger partial charge in [-0.3, -0.25) is 9.59 Å². The number of nitrogens with one attached hydrogen (secondary N) is 1. The first-order chi connectivity index (χ1) is 37.0. The molecule has 0 aliphatic heterocycles. The number of carbonyl (C=O) groups excluding carboxylic acids is 2. The number of aliphatic hydroxyl groups excluding tert-OH is 2. The molecule has 0 saturated carbocycles. The van der Waals surface area contributed by atoms with Crippen molar-refractivity contribution in [3.05, 3.63) is 12.2 Å². The molecule has 0 aromatic carbocycles. The predicted octanol–water partition coefficient (Wildman–Crippen LogP) is 22.0. The fourth-order valence-corrected chi connectivity index (χ4v) is 11.1. The van der Waals surface area contributed by atoms with Crippen molar-refractivity contribution in [1.82, 2.24) is 5.32 Å². The van der Waals surface area contributed by atoms with Crippen LogP contribution in [0.1, 0.15) is 393 Å². The topological polar surface area (TPSA) is 95.9 Å². The molecular formula is C69H135NO5. The number of rotatable bonds is 65. The zero-order valence-electron chi connectivity index (χ0n) is 51.1. The summed E-state index contributed by atoms with van der Waals surface area (Å²) in [6.45, 7) is 4.92. The van der Waals surface area contributed by atoms with Crippen LogP contribution in [0.5, 0.6) is 0 Å². The third-order valence-electron chi connectivity index (χ3n) is 16.3. The number of ether oxygens (including phenoxy) is 1. The first-order valence-electron chi connectivity index (χ1n) is 34.5. The Morgan fingerprint density at radius 3 is 0.907 bits per heavy atom. The van der Waals surface area contributed by atoms with Gasteiger partial charge in [-0.15, -0.1) is 0 Å². The van der Waals surface area contributed by atoms with E-state index in [0.717, 1.165) is 38.5 Å². The first kappa shape index (κ1) is 73.6. The lowest BCUT2D eigenvalue weighted by molar-refractivity contribution is -0.143. The molecule has 2 atom stereocenters. The summed E-state index contributed by atoms with van der Waals surface area (Å²) in [5.41, 5.74) is 0. The van der Waals surface area contributed by atoms with Gasteiger partial charge in [0.2, 0.25) is 5.91 Å². The number of hydrogen-bond donors (Lipinski definition) is 3. The molecule has 0 radical (unpaired) electrons. The zero-order valence-corrected chi connectivity index (χ0v) is 51.1. The van der Waals surface area contributed by atoms with E-state index in [-0.39, 0.29) is 18.5 Å². The molecule has 0 spiro atoms. The summed E-state index contributed by atoms with van der Waals surface area (Å²) in [5, 5.41) is 23.0. The number of hydrogen-bond acceptors (Lipinski definition) is 5. The van der Waals surface area contributed by atoms with Gasteiger partial charge in [-0.1, -0.05) is 360 Å². The highest BCUT2D eigenvalue weighted by molar-refractivity contribution is 5.76. The maximum atomic E-state index is 12.4. The molecule has 0 rings (SSSR count). The van der Waals surface area contributed by atoms with E-state index in [9.17, 15) is 19.8 Å². The monoisotopic (exact) mass is 1060 g/mol. The van der Waals surface area contributed by atoms with Crippen molar-refractivity contribution in [3.63, 3.8) is 0 Å². The summed E-state index contributed by atoms with van der Waals surface area (Å²) in [5.74, 6) is -0.0382. The predicted molar refractivity (Wildman–Crippen MR) is 329 cm³/mol. The van der Waals surface area contributed by atoms with E-state index >= 15 is 0 Å². The Kier molecular flexibility index (Phi) is 63.9. The Balaban J connectivity index is 3.28. The SMILES string of the molecule is CCCCCCCCCC/C=C/C(O)C(CO)NC(=O)CCCCCCCCCCCCCCCCCCCCCCCCCCCCCCCCCCCCCOC(=O)CCCCCCCCCCCCCCC. The van der Waals surface area contributed by atoms with Gasteiger partial charge < -0.3 is 20.3 Å². The molecule has 6 heteroatoms. The minimum absolute atomic E-state index is 0.0245. The highest BCUT2D eigenvalue weighted by atomic mass is 16.5. The fourth-order valence-electron chi connectivity index (χ4n) is 11.1. The highest BCUT2D eigenvalue weighted by Gasteiger charge is 2.18. The Hall–Kier alpha value is -1.40. The summed E-state index contributed by atoms with van der Waals surface area (Å²) >= 11 is 0. The third-order valence-corrected chi connectivity index (χ3v) is 16.3. The van der Waals surface area contributed by atoms with Gasteiger partial charge in [0.25, 0.3) is 0 Å². The Morgan fingerprint density at radius 2 is 0.613 bits per heavy atom. The molecule has 0 aromatic rings. The molecule has 3 N–H and O–H groups in total. The number of unbranched alkanes of at least 4 members (excludes halogenated alkanes) is 54. The summed E-state index contributed by atoms with van der Waals surface area (Å²) in [6, 6.07) is -0.621. The van der Waals surface area contributed by atoms with Crippen molar-refractivity contribution in [1.29, 1.82) is 0 Å². The van der Waals surface area contributed by atoms with E-state index in [0.29, 0.717) is 19.4 Å².